The molecule has 94 valence electrons. The molecule has 3 nitrogen and oxygen atoms in total. The van der Waals surface area contributed by atoms with E-state index in [0.717, 1.165) is 0 Å². The lowest BCUT2D eigenvalue weighted by Crippen LogP contribution is -2.09. The van der Waals surface area contributed by atoms with Gasteiger partial charge in [0.05, 0.1) is 10.6 Å². The first-order valence-corrected chi connectivity index (χ1v) is 7.40. The second-order valence-electron chi connectivity index (χ2n) is 4.36. The van der Waals surface area contributed by atoms with E-state index in [4.69, 9.17) is 0 Å². The van der Waals surface area contributed by atoms with Gasteiger partial charge in [-0.3, -0.25) is 4.79 Å². The van der Waals surface area contributed by atoms with Crippen molar-refractivity contribution < 1.29 is 13.2 Å². The van der Waals surface area contributed by atoms with E-state index in [9.17, 15) is 13.2 Å². The van der Waals surface area contributed by atoms with Gasteiger partial charge in [0, 0.05) is 11.5 Å². The molecule has 0 spiro atoms. The first kappa shape index (κ1) is 13.9. The van der Waals surface area contributed by atoms with Gasteiger partial charge in [0.15, 0.2) is 15.6 Å². The van der Waals surface area contributed by atoms with Crippen molar-refractivity contribution in [3.05, 3.63) is 29.8 Å². The number of carbonyl (C=O) groups excluding carboxylic acids is 1. The van der Waals surface area contributed by atoms with Crippen molar-refractivity contribution >= 4 is 15.6 Å². The van der Waals surface area contributed by atoms with Crippen LogP contribution in [0.4, 0.5) is 0 Å². The van der Waals surface area contributed by atoms with Crippen molar-refractivity contribution in [2.75, 3.05) is 5.75 Å². The molecule has 0 aliphatic rings. The van der Waals surface area contributed by atoms with E-state index < -0.39 is 9.84 Å². The van der Waals surface area contributed by atoms with Gasteiger partial charge in [-0.15, -0.1) is 0 Å². The molecule has 1 rings (SSSR count). The van der Waals surface area contributed by atoms with Crippen molar-refractivity contribution in [3.63, 3.8) is 0 Å². The minimum absolute atomic E-state index is 0.0319. The Morgan fingerprint density at radius 3 is 2.12 bits per heavy atom. The Morgan fingerprint density at radius 2 is 1.71 bits per heavy atom. The zero-order chi connectivity index (χ0) is 13.1. The van der Waals surface area contributed by atoms with E-state index in [0.29, 0.717) is 16.9 Å². The zero-order valence-electron chi connectivity index (χ0n) is 10.4. The maximum absolute atomic E-state index is 11.8. The number of carbonyl (C=O) groups is 1. The van der Waals surface area contributed by atoms with E-state index in [2.05, 4.69) is 0 Å². The minimum atomic E-state index is -3.18. The molecule has 1 aromatic carbocycles. The van der Waals surface area contributed by atoms with Gasteiger partial charge >= 0.3 is 0 Å². The van der Waals surface area contributed by atoms with Gasteiger partial charge in [0.25, 0.3) is 0 Å². The molecule has 0 unspecified atom stereocenters. The summed E-state index contributed by atoms with van der Waals surface area (Å²) in [5.41, 5.74) is 0.565. The molecule has 1 aromatic rings. The summed E-state index contributed by atoms with van der Waals surface area (Å²) in [7, 11) is -3.18. The van der Waals surface area contributed by atoms with Gasteiger partial charge in [-0.2, -0.15) is 0 Å². The predicted molar refractivity (Wildman–Crippen MR) is 68.0 cm³/mol. The summed E-state index contributed by atoms with van der Waals surface area (Å²) in [5.74, 6) is 0.0994. The van der Waals surface area contributed by atoms with Crippen molar-refractivity contribution in [2.24, 2.45) is 5.92 Å². The van der Waals surface area contributed by atoms with Crippen LogP contribution in [0.5, 0.6) is 0 Å². The number of hydrogen-bond acceptors (Lipinski definition) is 3. The first-order valence-electron chi connectivity index (χ1n) is 5.75. The van der Waals surface area contributed by atoms with Crippen LogP contribution in [-0.2, 0) is 9.84 Å². The van der Waals surface area contributed by atoms with E-state index in [-0.39, 0.29) is 17.5 Å². The Labute approximate surface area is 103 Å². The highest BCUT2D eigenvalue weighted by Crippen LogP contribution is 2.15. The van der Waals surface area contributed by atoms with Gasteiger partial charge in [0.2, 0.25) is 0 Å². The quantitative estimate of drug-likeness (QED) is 0.759. The van der Waals surface area contributed by atoms with E-state index in [1.165, 1.54) is 12.1 Å². The molecule has 0 radical (unpaired) electrons. The molecule has 0 saturated carbocycles. The largest absolute Gasteiger partial charge is 0.294 e. The molecular formula is C13H18O3S. The summed E-state index contributed by atoms with van der Waals surface area (Å²) >= 11 is 0. The molecule has 0 atom stereocenters. The Balaban J connectivity index is 3.00. The lowest BCUT2D eigenvalue weighted by Gasteiger charge is -2.06. The van der Waals surface area contributed by atoms with Gasteiger partial charge in [-0.1, -0.05) is 32.9 Å². The molecule has 17 heavy (non-hydrogen) atoms. The molecule has 0 bridgehead atoms. The van der Waals surface area contributed by atoms with Crippen LogP contribution >= 0.6 is 0 Å². The summed E-state index contributed by atoms with van der Waals surface area (Å²) in [6, 6.07) is 6.21. The molecule has 0 fully saturated rings. The number of hydrogen-bond donors (Lipinski definition) is 0. The van der Waals surface area contributed by atoms with Crippen LogP contribution in [0.3, 0.4) is 0 Å². The summed E-state index contributed by atoms with van der Waals surface area (Å²) in [5, 5.41) is 0. The third-order valence-corrected chi connectivity index (χ3v) is 4.43. The predicted octanol–water partition coefficient (Wildman–Crippen LogP) is 2.71. The fraction of sp³-hybridized carbons (Fsp3) is 0.462. The average Bonchev–Trinajstić information content (AvgIpc) is 2.28. The molecule has 0 heterocycles. The summed E-state index contributed by atoms with van der Waals surface area (Å²) in [4.78, 5) is 12.0. The van der Waals surface area contributed by atoms with E-state index >= 15 is 0 Å². The number of Topliss-reactive ketones (excluding diaryl/α,β-unsaturated/α-hetero) is 1. The lowest BCUT2D eigenvalue weighted by molar-refractivity contribution is 0.0939. The van der Waals surface area contributed by atoms with Crippen molar-refractivity contribution in [1.82, 2.24) is 0 Å². The molecule has 0 aromatic heterocycles. The molecule has 0 N–H and O–H groups in total. The van der Waals surface area contributed by atoms with Crippen LogP contribution in [0.1, 0.15) is 37.6 Å². The molecule has 0 aliphatic carbocycles. The van der Waals surface area contributed by atoms with Gasteiger partial charge in [-0.25, -0.2) is 8.42 Å². The van der Waals surface area contributed by atoms with Crippen LogP contribution in [-0.4, -0.2) is 20.0 Å². The van der Waals surface area contributed by atoms with Crippen molar-refractivity contribution in [1.29, 1.82) is 0 Å². The van der Waals surface area contributed by atoms with Gasteiger partial charge in [0.1, 0.15) is 0 Å². The SMILES string of the molecule is CCCS(=O)(=O)c1ccc(C(=O)C(C)C)cc1. The Kier molecular flexibility index (Phi) is 4.46. The zero-order valence-corrected chi connectivity index (χ0v) is 11.3. The maximum atomic E-state index is 11.8. The summed E-state index contributed by atoms with van der Waals surface area (Å²) in [6.45, 7) is 5.47. The number of benzene rings is 1. The Morgan fingerprint density at radius 1 is 1.18 bits per heavy atom. The van der Waals surface area contributed by atoms with Crippen LogP contribution in [0.25, 0.3) is 0 Å². The average molecular weight is 254 g/mol. The summed E-state index contributed by atoms with van der Waals surface area (Å²) in [6.07, 6.45) is 0.592. The maximum Gasteiger partial charge on any atom is 0.178 e. The van der Waals surface area contributed by atoms with Crippen molar-refractivity contribution in [2.45, 2.75) is 32.1 Å². The van der Waals surface area contributed by atoms with Crippen LogP contribution < -0.4 is 0 Å². The highest BCUT2D eigenvalue weighted by atomic mass is 32.2. The molecule has 4 heteroatoms. The van der Waals surface area contributed by atoms with E-state index in [1.54, 1.807) is 12.1 Å². The minimum Gasteiger partial charge on any atom is -0.294 e. The van der Waals surface area contributed by atoms with Gasteiger partial charge in [-0.05, 0) is 18.6 Å². The molecule has 0 aliphatic heterocycles. The van der Waals surface area contributed by atoms with Crippen molar-refractivity contribution in [3.8, 4) is 0 Å². The highest BCUT2D eigenvalue weighted by Gasteiger charge is 2.15. The van der Waals surface area contributed by atoms with Crippen LogP contribution in [0.15, 0.2) is 29.2 Å². The standard InChI is InChI=1S/C13H18O3S/c1-4-9-17(15,16)12-7-5-11(6-8-12)13(14)10(2)3/h5-8,10H,4,9H2,1-3H3. The molecule has 0 amide bonds. The lowest BCUT2D eigenvalue weighted by atomic mass is 10.0. The normalized spacial score (nSPS) is 11.8. The van der Waals surface area contributed by atoms with E-state index in [1.807, 2.05) is 20.8 Å². The third kappa shape index (κ3) is 3.40. The number of sulfone groups is 1. The fourth-order valence-electron chi connectivity index (χ4n) is 1.55. The Bertz CT molecular complexity index is 484. The smallest absolute Gasteiger partial charge is 0.178 e. The third-order valence-electron chi connectivity index (χ3n) is 2.50. The molecule has 0 saturated heterocycles. The highest BCUT2D eigenvalue weighted by molar-refractivity contribution is 7.91. The van der Waals surface area contributed by atoms with Crippen LogP contribution in [0.2, 0.25) is 0 Å². The first-order chi connectivity index (χ1) is 7.88. The van der Waals surface area contributed by atoms with Crippen LogP contribution in [0, 0.1) is 5.92 Å². The number of ketones is 1. The second kappa shape index (κ2) is 5.45. The summed E-state index contributed by atoms with van der Waals surface area (Å²) < 4.78 is 23.5. The molecular weight excluding hydrogens is 236 g/mol. The fourth-order valence-corrected chi connectivity index (χ4v) is 2.87. The monoisotopic (exact) mass is 254 g/mol. The second-order valence-corrected chi connectivity index (χ2v) is 6.47. The number of rotatable bonds is 5. The van der Waals surface area contributed by atoms with Gasteiger partial charge < -0.3 is 0 Å². The Hall–Kier alpha value is -1.16. The topological polar surface area (TPSA) is 51.2 Å².